The lowest BCUT2D eigenvalue weighted by molar-refractivity contribution is 0.588. The third kappa shape index (κ3) is 2.72. The van der Waals surface area contributed by atoms with Crippen molar-refractivity contribution in [2.45, 2.75) is 4.21 Å². The van der Waals surface area contributed by atoms with Crippen molar-refractivity contribution in [3.63, 3.8) is 0 Å². The van der Waals surface area contributed by atoms with Crippen LogP contribution in [0.4, 0.5) is 0 Å². The van der Waals surface area contributed by atoms with Crippen molar-refractivity contribution in [3.8, 4) is 12.3 Å². The van der Waals surface area contributed by atoms with E-state index in [1.165, 1.54) is 6.07 Å². The van der Waals surface area contributed by atoms with Gasteiger partial charge in [0.15, 0.2) is 0 Å². The highest BCUT2D eigenvalue weighted by atomic mass is 79.9. The molecule has 0 radical (unpaired) electrons. The van der Waals surface area contributed by atoms with E-state index in [1.807, 2.05) is 0 Å². The van der Waals surface area contributed by atoms with Crippen molar-refractivity contribution < 1.29 is 8.42 Å². The van der Waals surface area contributed by atoms with Gasteiger partial charge in [0.25, 0.3) is 10.0 Å². The summed E-state index contributed by atoms with van der Waals surface area (Å²) in [6, 6.07) is 1.37. The van der Waals surface area contributed by atoms with Crippen LogP contribution < -0.4 is 4.72 Å². The number of terminal acetylenes is 1. The van der Waals surface area contributed by atoms with Crippen LogP contribution in [0.2, 0.25) is 5.02 Å². The molecular weight excluding hydrogens is 310 g/mol. The lowest BCUT2D eigenvalue weighted by atomic mass is 10.7. The molecule has 0 saturated carbocycles. The van der Waals surface area contributed by atoms with E-state index in [-0.39, 0.29) is 10.8 Å². The normalized spacial score (nSPS) is 11.2. The van der Waals surface area contributed by atoms with Crippen LogP contribution in [0.5, 0.6) is 0 Å². The number of nitrogens with one attached hydrogen (secondary N) is 1. The number of hydrogen-bond acceptors (Lipinski definition) is 3. The Morgan fingerprint density at radius 1 is 1.71 bits per heavy atom. The first-order valence-corrected chi connectivity index (χ1v) is 6.82. The van der Waals surface area contributed by atoms with E-state index in [1.54, 1.807) is 0 Å². The maximum absolute atomic E-state index is 11.5. The predicted molar refractivity (Wildman–Crippen MR) is 61.1 cm³/mol. The highest BCUT2D eigenvalue weighted by molar-refractivity contribution is 9.11. The molecule has 0 spiro atoms. The Balaban J connectivity index is 3.00. The molecule has 0 saturated heterocycles. The lowest BCUT2D eigenvalue weighted by Crippen LogP contribution is -2.22. The van der Waals surface area contributed by atoms with Gasteiger partial charge in [0.05, 0.1) is 15.4 Å². The fourth-order valence-corrected chi connectivity index (χ4v) is 4.04. The second-order valence-corrected chi connectivity index (χ2v) is 6.99. The van der Waals surface area contributed by atoms with Gasteiger partial charge in [-0.25, -0.2) is 8.42 Å². The molecule has 0 atom stereocenters. The lowest BCUT2D eigenvalue weighted by Gasteiger charge is -1.98. The van der Waals surface area contributed by atoms with Gasteiger partial charge < -0.3 is 0 Å². The SMILES string of the molecule is C#CCNS(=O)(=O)c1cc(Cl)c(Br)s1. The first-order valence-electron chi connectivity index (χ1n) is 3.35. The third-order valence-electron chi connectivity index (χ3n) is 1.25. The summed E-state index contributed by atoms with van der Waals surface area (Å²) in [5, 5.41) is 0.371. The van der Waals surface area contributed by atoms with Gasteiger partial charge >= 0.3 is 0 Å². The molecule has 0 bridgehead atoms. The largest absolute Gasteiger partial charge is 0.251 e. The minimum atomic E-state index is -3.51. The van der Waals surface area contributed by atoms with Crippen LogP contribution in [0.3, 0.4) is 0 Å². The molecule has 0 aliphatic carbocycles. The number of halogens is 2. The van der Waals surface area contributed by atoms with Gasteiger partial charge in [-0.1, -0.05) is 17.5 Å². The van der Waals surface area contributed by atoms with Gasteiger partial charge in [-0.15, -0.1) is 17.8 Å². The molecule has 1 N–H and O–H groups in total. The Kier molecular flexibility index (Phi) is 3.98. The summed E-state index contributed by atoms with van der Waals surface area (Å²) in [5.74, 6) is 2.18. The quantitative estimate of drug-likeness (QED) is 0.868. The second kappa shape index (κ2) is 4.64. The number of rotatable bonds is 3. The topological polar surface area (TPSA) is 46.2 Å². The van der Waals surface area contributed by atoms with Crippen LogP contribution in [0.1, 0.15) is 0 Å². The van der Waals surface area contributed by atoms with E-state index < -0.39 is 10.0 Å². The highest BCUT2D eigenvalue weighted by Gasteiger charge is 2.17. The van der Waals surface area contributed by atoms with Gasteiger partial charge in [0.1, 0.15) is 4.21 Å². The molecule has 0 unspecified atom stereocenters. The summed E-state index contributed by atoms with van der Waals surface area (Å²) in [6.45, 7) is -0.0323. The fraction of sp³-hybridized carbons (Fsp3) is 0.143. The van der Waals surface area contributed by atoms with Crippen LogP contribution in [0.15, 0.2) is 14.1 Å². The van der Waals surface area contributed by atoms with Crippen LogP contribution >= 0.6 is 38.9 Å². The summed E-state index contributed by atoms with van der Waals surface area (Å²) < 4.78 is 25.9. The molecule has 1 rings (SSSR count). The first kappa shape index (κ1) is 12.0. The van der Waals surface area contributed by atoms with Gasteiger partial charge in [-0.3, -0.25) is 0 Å². The molecule has 0 aliphatic heterocycles. The first-order chi connectivity index (χ1) is 6.47. The number of sulfonamides is 1. The summed E-state index contributed by atoms with van der Waals surface area (Å²) >= 11 is 9.87. The monoisotopic (exact) mass is 313 g/mol. The van der Waals surface area contributed by atoms with Crippen molar-refractivity contribution in [2.75, 3.05) is 6.54 Å². The van der Waals surface area contributed by atoms with E-state index in [2.05, 4.69) is 26.6 Å². The molecular formula is C7H5BrClNO2S2. The number of thiophene rings is 1. The maximum atomic E-state index is 11.5. The molecule has 0 aromatic carbocycles. The molecule has 1 aromatic heterocycles. The second-order valence-electron chi connectivity index (χ2n) is 2.22. The minimum Gasteiger partial charge on any atom is -0.206 e. The summed E-state index contributed by atoms with van der Waals surface area (Å²) in [6.07, 6.45) is 4.94. The molecule has 0 fully saturated rings. The van der Waals surface area contributed by atoms with Crippen molar-refractivity contribution >= 4 is 48.9 Å². The Bertz CT molecular complexity index is 455. The smallest absolute Gasteiger partial charge is 0.206 e. The fourth-order valence-electron chi connectivity index (χ4n) is 0.667. The molecule has 0 amide bonds. The molecule has 1 heterocycles. The maximum Gasteiger partial charge on any atom is 0.251 e. The third-order valence-corrected chi connectivity index (χ3v) is 5.60. The summed E-state index contributed by atoms with van der Waals surface area (Å²) in [5.41, 5.74) is 0. The van der Waals surface area contributed by atoms with Gasteiger partial charge in [0.2, 0.25) is 0 Å². The standard InChI is InChI=1S/C7H5BrClNO2S2/c1-2-3-10-14(11,12)6-4-5(9)7(8)13-6/h1,4,10H,3H2. The Morgan fingerprint density at radius 2 is 2.36 bits per heavy atom. The van der Waals surface area contributed by atoms with E-state index >= 15 is 0 Å². The molecule has 0 aliphatic rings. The summed E-state index contributed by atoms with van der Waals surface area (Å²) in [4.78, 5) is 0. The Hall–Kier alpha value is -0.0600. The zero-order valence-electron chi connectivity index (χ0n) is 6.75. The number of hydrogen-bond donors (Lipinski definition) is 1. The molecule has 1 aromatic rings. The van der Waals surface area contributed by atoms with E-state index in [0.29, 0.717) is 8.81 Å². The van der Waals surface area contributed by atoms with Crippen LogP contribution in [-0.4, -0.2) is 15.0 Å². The van der Waals surface area contributed by atoms with Gasteiger partial charge in [0, 0.05) is 0 Å². The van der Waals surface area contributed by atoms with Crippen molar-refractivity contribution in [1.29, 1.82) is 0 Å². The average Bonchev–Trinajstić information content (AvgIpc) is 2.45. The molecule has 76 valence electrons. The molecule has 3 nitrogen and oxygen atoms in total. The highest BCUT2D eigenvalue weighted by Crippen LogP contribution is 2.34. The Labute approximate surface area is 99.6 Å². The van der Waals surface area contributed by atoms with Crippen LogP contribution in [-0.2, 0) is 10.0 Å². The van der Waals surface area contributed by atoms with Crippen molar-refractivity contribution in [2.24, 2.45) is 0 Å². The van der Waals surface area contributed by atoms with E-state index in [0.717, 1.165) is 11.3 Å². The van der Waals surface area contributed by atoms with E-state index in [9.17, 15) is 8.42 Å². The zero-order chi connectivity index (χ0) is 10.8. The predicted octanol–water partition coefficient (Wildman–Crippen LogP) is 2.08. The Morgan fingerprint density at radius 3 is 2.79 bits per heavy atom. The van der Waals surface area contributed by atoms with Crippen molar-refractivity contribution in [3.05, 3.63) is 14.9 Å². The summed E-state index contributed by atoms with van der Waals surface area (Å²) in [7, 11) is -3.51. The average molecular weight is 315 g/mol. The minimum absolute atomic E-state index is 0.0323. The van der Waals surface area contributed by atoms with Crippen molar-refractivity contribution in [1.82, 2.24) is 4.72 Å². The van der Waals surface area contributed by atoms with Crippen LogP contribution in [0, 0.1) is 12.3 Å². The molecule has 7 heteroatoms. The van der Waals surface area contributed by atoms with Gasteiger partial charge in [-0.2, -0.15) is 4.72 Å². The van der Waals surface area contributed by atoms with Gasteiger partial charge in [-0.05, 0) is 22.0 Å². The van der Waals surface area contributed by atoms with E-state index in [4.69, 9.17) is 18.0 Å². The van der Waals surface area contributed by atoms with Crippen LogP contribution in [0.25, 0.3) is 0 Å². The zero-order valence-corrected chi connectivity index (χ0v) is 10.7. The molecule has 14 heavy (non-hydrogen) atoms.